The molecule has 0 spiro atoms. The van der Waals surface area contributed by atoms with Crippen molar-refractivity contribution in [3.05, 3.63) is 24.3 Å². The molecule has 2 heterocycles. The average molecular weight is 493 g/mol. The number of carbonyl (C=O) groups excluding carboxylic acids is 2. The molecular formula is C25H40N4O4S. The van der Waals surface area contributed by atoms with E-state index in [0.717, 1.165) is 37.3 Å². The normalized spacial score (nSPS) is 18.6. The maximum atomic E-state index is 13.0. The number of sulfonamides is 1. The Kier molecular flexibility index (Phi) is 9.76. The molecule has 1 unspecified atom stereocenters. The summed E-state index contributed by atoms with van der Waals surface area (Å²) in [6, 6.07) is 7.25. The standard InChI is InChI=1S/C25H40N4O4S/c1-3-5-18-34(32,33)29-16-12-20(13-17-29)24(30)27-23(9-4-2)25(31)26-21-10-8-11-22(19-21)28-14-6-7-15-28/h8,10-11,19-20,23H,3-7,9,12-18H2,1-2H3,(H,26,31)(H,27,30). The summed E-state index contributed by atoms with van der Waals surface area (Å²) < 4.78 is 26.4. The van der Waals surface area contributed by atoms with Crippen LogP contribution in [0.25, 0.3) is 0 Å². The summed E-state index contributed by atoms with van der Waals surface area (Å²) in [5, 5.41) is 5.91. The van der Waals surface area contributed by atoms with Gasteiger partial charge < -0.3 is 15.5 Å². The predicted molar refractivity (Wildman–Crippen MR) is 136 cm³/mol. The number of hydrogen-bond donors (Lipinski definition) is 2. The van der Waals surface area contributed by atoms with Crippen molar-refractivity contribution in [2.75, 3.05) is 42.1 Å². The van der Waals surface area contributed by atoms with Gasteiger partial charge in [-0.1, -0.05) is 32.8 Å². The molecule has 1 aromatic carbocycles. The van der Waals surface area contributed by atoms with Crippen molar-refractivity contribution >= 4 is 33.2 Å². The van der Waals surface area contributed by atoms with Gasteiger partial charge in [-0.25, -0.2) is 12.7 Å². The lowest BCUT2D eigenvalue weighted by atomic mass is 9.96. The zero-order chi connectivity index (χ0) is 24.6. The Balaban J connectivity index is 1.55. The van der Waals surface area contributed by atoms with Crippen LogP contribution in [0.3, 0.4) is 0 Å². The Morgan fingerprint density at radius 1 is 1.06 bits per heavy atom. The highest BCUT2D eigenvalue weighted by Gasteiger charge is 2.32. The van der Waals surface area contributed by atoms with Crippen LogP contribution in [0.5, 0.6) is 0 Å². The first kappa shape index (κ1) is 26.5. The van der Waals surface area contributed by atoms with E-state index in [1.807, 2.05) is 32.0 Å². The van der Waals surface area contributed by atoms with Gasteiger partial charge in [-0.3, -0.25) is 9.59 Å². The summed E-state index contributed by atoms with van der Waals surface area (Å²) in [7, 11) is -3.25. The van der Waals surface area contributed by atoms with Gasteiger partial charge in [0, 0.05) is 43.5 Å². The number of amides is 2. The number of nitrogens with zero attached hydrogens (tertiary/aromatic N) is 2. The number of rotatable bonds is 11. The van der Waals surface area contributed by atoms with Gasteiger partial charge >= 0.3 is 0 Å². The number of piperidine rings is 1. The smallest absolute Gasteiger partial charge is 0.246 e. The highest BCUT2D eigenvalue weighted by molar-refractivity contribution is 7.89. The van der Waals surface area contributed by atoms with Crippen LogP contribution in [0.4, 0.5) is 11.4 Å². The highest BCUT2D eigenvalue weighted by atomic mass is 32.2. The number of nitrogens with one attached hydrogen (secondary N) is 2. The van der Waals surface area contributed by atoms with E-state index in [1.165, 1.54) is 17.1 Å². The van der Waals surface area contributed by atoms with Gasteiger partial charge in [-0.15, -0.1) is 0 Å². The van der Waals surface area contributed by atoms with E-state index in [1.54, 1.807) is 0 Å². The summed E-state index contributed by atoms with van der Waals surface area (Å²) in [5.41, 5.74) is 1.84. The van der Waals surface area contributed by atoms with Gasteiger partial charge in [0.25, 0.3) is 0 Å². The van der Waals surface area contributed by atoms with E-state index < -0.39 is 16.1 Å². The van der Waals surface area contributed by atoms with E-state index in [0.29, 0.717) is 38.8 Å². The molecule has 0 saturated carbocycles. The molecule has 3 rings (SSSR count). The molecule has 2 amide bonds. The molecule has 1 aromatic rings. The molecule has 190 valence electrons. The van der Waals surface area contributed by atoms with E-state index in [4.69, 9.17) is 0 Å². The zero-order valence-corrected chi connectivity index (χ0v) is 21.4. The van der Waals surface area contributed by atoms with E-state index in [-0.39, 0.29) is 23.5 Å². The summed E-state index contributed by atoms with van der Waals surface area (Å²) in [4.78, 5) is 28.3. The summed E-state index contributed by atoms with van der Waals surface area (Å²) >= 11 is 0. The van der Waals surface area contributed by atoms with Gasteiger partial charge in [0.05, 0.1) is 5.75 Å². The summed E-state index contributed by atoms with van der Waals surface area (Å²) in [5.74, 6) is -0.486. The second-order valence-corrected chi connectivity index (χ2v) is 11.5. The van der Waals surface area contributed by atoms with Crippen molar-refractivity contribution in [3.8, 4) is 0 Å². The van der Waals surface area contributed by atoms with Gasteiger partial charge in [-0.2, -0.15) is 0 Å². The topological polar surface area (TPSA) is 98.8 Å². The van der Waals surface area contributed by atoms with Gasteiger partial charge in [-0.05, 0) is 56.7 Å². The first-order valence-electron chi connectivity index (χ1n) is 12.8. The number of unbranched alkanes of at least 4 members (excludes halogenated alkanes) is 1. The third-order valence-corrected chi connectivity index (χ3v) is 8.73. The number of anilines is 2. The molecule has 1 atom stereocenters. The summed E-state index contributed by atoms with van der Waals surface area (Å²) in [6.07, 6.45) is 6.13. The van der Waals surface area contributed by atoms with E-state index in [2.05, 4.69) is 21.6 Å². The van der Waals surface area contributed by atoms with Crippen molar-refractivity contribution in [1.82, 2.24) is 9.62 Å². The molecule has 0 bridgehead atoms. The largest absolute Gasteiger partial charge is 0.371 e. The quantitative estimate of drug-likeness (QED) is 0.494. The molecule has 34 heavy (non-hydrogen) atoms. The van der Waals surface area contributed by atoms with Crippen molar-refractivity contribution in [1.29, 1.82) is 0 Å². The van der Waals surface area contributed by atoms with Crippen LogP contribution >= 0.6 is 0 Å². The Labute approximate surface area is 204 Å². The van der Waals surface area contributed by atoms with Gasteiger partial charge in [0.2, 0.25) is 21.8 Å². The van der Waals surface area contributed by atoms with Crippen LogP contribution in [0, 0.1) is 5.92 Å². The number of carbonyl (C=O) groups is 2. The maximum absolute atomic E-state index is 13.0. The molecule has 0 aliphatic carbocycles. The highest BCUT2D eigenvalue weighted by Crippen LogP contribution is 2.24. The molecule has 2 N–H and O–H groups in total. The SMILES string of the molecule is CCCCS(=O)(=O)N1CCC(C(=O)NC(CCC)C(=O)Nc2cccc(N3CCCC3)c2)CC1. The lowest BCUT2D eigenvalue weighted by Crippen LogP contribution is -2.49. The molecule has 0 aromatic heterocycles. The van der Waals surface area contributed by atoms with Gasteiger partial charge in [0.15, 0.2) is 0 Å². The molecule has 9 heteroatoms. The minimum Gasteiger partial charge on any atom is -0.371 e. The van der Waals surface area contributed by atoms with Crippen LogP contribution in [-0.2, 0) is 19.6 Å². The zero-order valence-electron chi connectivity index (χ0n) is 20.6. The Morgan fingerprint density at radius 2 is 1.76 bits per heavy atom. The molecule has 2 saturated heterocycles. The van der Waals surface area contributed by atoms with Crippen molar-refractivity contribution < 1.29 is 18.0 Å². The van der Waals surface area contributed by atoms with Crippen LogP contribution in [-0.4, -0.2) is 62.5 Å². The molecule has 2 aliphatic heterocycles. The molecule has 8 nitrogen and oxygen atoms in total. The maximum Gasteiger partial charge on any atom is 0.246 e. The Hall–Kier alpha value is -2.13. The molecule has 2 fully saturated rings. The minimum atomic E-state index is -3.25. The lowest BCUT2D eigenvalue weighted by molar-refractivity contribution is -0.130. The van der Waals surface area contributed by atoms with Crippen molar-refractivity contribution in [2.24, 2.45) is 5.92 Å². The predicted octanol–water partition coefficient (Wildman–Crippen LogP) is 3.35. The first-order valence-corrected chi connectivity index (χ1v) is 14.4. The lowest BCUT2D eigenvalue weighted by Gasteiger charge is -2.31. The van der Waals surface area contributed by atoms with Crippen molar-refractivity contribution in [3.63, 3.8) is 0 Å². The van der Waals surface area contributed by atoms with Crippen LogP contribution in [0.15, 0.2) is 24.3 Å². The number of benzene rings is 1. The third-order valence-electron chi connectivity index (χ3n) is 6.77. The monoisotopic (exact) mass is 492 g/mol. The van der Waals surface area contributed by atoms with Crippen LogP contribution < -0.4 is 15.5 Å². The Bertz CT molecular complexity index is 923. The van der Waals surface area contributed by atoms with Gasteiger partial charge in [0.1, 0.15) is 6.04 Å². The average Bonchev–Trinajstić information content (AvgIpc) is 3.38. The second-order valence-electron chi connectivity index (χ2n) is 9.43. The molecule has 0 radical (unpaired) electrons. The third kappa shape index (κ3) is 7.18. The Morgan fingerprint density at radius 3 is 2.41 bits per heavy atom. The van der Waals surface area contributed by atoms with Crippen molar-refractivity contribution in [2.45, 2.75) is 71.3 Å². The molecule has 2 aliphatic rings. The molecular weight excluding hydrogens is 452 g/mol. The van der Waals surface area contributed by atoms with Crippen LogP contribution in [0.2, 0.25) is 0 Å². The fraction of sp³-hybridized carbons (Fsp3) is 0.680. The summed E-state index contributed by atoms with van der Waals surface area (Å²) in [6.45, 7) is 6.74. The van der Waals surface area contributed by atoms with E-state index in [9.17, 15) is 18.0 Å². The fourth-order valence-electron chi connectivity index (χ4n) is 4.68. The minimum absolute atomic E-state index is 0.162. The first-order chi connectivity index (χ1) is 16.3. The number of hydrogen-bond acceptors (Lipinski definition) is 5. The fourth-order valence-corrected chi connectivity index (χ4v) is 6.36. The van der Waals surface area contributed by atoms with Crippen LogP contribution in [0.1, 0.15) is 65.2 Å². The second kappa shape index (κ2) is 12.5. The van der Waals surface area contributed by atoms with E-state index >= 15 is 0 Å².